The van der Waals surface area contributed by atoms with Crippen LogP contribution in [0.2, 0.25) is 0 Å². The van der Waals surface area contributed by atoms with Gasteiger partial charge in [-0.05, 0) is 59.0 Å². The smallest absolute Gasteiger partial charge is 0.278 e. The summed E-state index contributed by atoms with van der Waals surface area (Å²) in [7, 11) is -3.85. The summed E-state index contributed by atoms with van der Waals surface area (Å²) in [6.07, 6.45) is 0. The minimum absolute atomic E-state index is 0.102. The molecule has 0 amide bonds. The molecule has 0 atom stereocenters. The zero-order valence-corrected chi connectivity index (χ0v) is 15.1. The van der Waals surface area contributed by atoms with Crippen molar-refractivity contribution in [3.05, 3.63) is 59.7 Å². The number of H-pyrrole nitrogens is 1. The summed E-state index contributed by atoms with van der Waals surface area (Å²) in [6.45, 7) is 0. The predicted octanol–water partition coefficient (Wildman–Crippen LogP) is 2.93. The minimum Gasteiger partial charge on any atom is -0.278 e. The van der Waals surface area contributed by atoms with Crippen LogP contribution in [0.25, 0.3) is 22.0 Å². The summed E-state index contributed by atoms with van der Waals surface area (Å²) >= 11 is 1.17. The Morgan fingerprint density at radius 1 is 1.00 bits per heavy atom. The third-order valence-electron chi connectivity index (χ3n) is 3.61. The molecule has 0 saturated carbocycles. The third-order valence-corrected chi connectivity index (χ3v) is 5.91. The summed E-state index contributed by atoms with van der Waals surface area (Å²) in [5.41, 5.74) is 1.74. The van der Waals surface area contributed by atoms with Crippen molar-refractivity contribution in [3.8, 4) is 22.0 Å². The largest absolute Gasteiger partial charge is 0.280 e. The van der Waals surface area contributed by atoms with Gasteiger partial charge in [0.25, 0.3) is 10.0 Å². The molecule has 0 radical (unpaired) electrons. The first-order chi connectivity index (χ1) is 13.0. The molecule has 136 valence electrons. The number of benzene rings is 2. The number of thiazole rings is 1. The number of halogens is 1. The molecule has 0 aliphatic rings. The number of anilines is 1. The number of hydrogen-bond acceptors (Lipinski definition) is 7. The Kier molecular flexibility index (Phi) is 4.38. The molecule has 27 heavy (non-hydrogen) atoms. The summed E-state index contributed by atoms with van der Waals surface area (Å²) in [5, 5.41) is 15.2. The molecule has 0 spiro atoms. The van der Waals surface area contributed by atoms with Crippen molar-refractivity contribution >= 4 is 27.0 Å². The lowest BCUT2D eigenvalue weighted by Gasteiger charge is -2.06. The van der Waals surface area contributed by atoms with Gasteiger partial charge in [-0.3, -0.25) is 4.72 Å². The summed E-state index contributed by atoms with van der Waals surface area (Å²) < 4.78 is 40.6. The Morgan fingerprint density at radius 3 is 2.37 bits per heavy atom. The molecule has 0 unspecified atom stereocenters. The van der Waals surface area contributed by atoms with E-state index in [0.717, 1.165) is 5.56 Å². The fraction of sp³-hybridized carbons (Fsp3) is 0. The molecule has 0 fully saturated rings. The zero-order valence-electron chi connectivity index (χ0n) is 13.5. The second-order valence-electron chi connectivity index (χ2n) is 5.43. The van der Waals surface area contributed by atoms with E-state index in [1.165, 1.54) is 28.8 Å². The highest BCUT2D eigenvalue weighted by molar-refractivity contribution is 7.92. The lowest BCUT2D eigenvalue weighted by Crippen LogP contribution is -2.13. The molecule has 8 nitrogen and oxygen atoms in total. The van der Waals surface area contributed by atoms with Gasteiger partial charge in [0.15, 0.2) is 10.9 Å². The van der Waals surface area contributed by atoms with Gasteiger partial charge in [-0.15, -0.1) is 16.4 Å². The highest BCUT2D eigenvalue weighted by atomic mass is 32.2. The maximum Gasteiger partial charge on any atom is 0.280 e. The first-order valence-corrected chi connectivity index (χ1v) is 9.96. The average molecular weight is 402 g/mol. The number of tetrazole rings is 1. The summed E-state index contributed by atoms with van der Waals surface area (Å²) in [6, 6.07) is 12.3. The highest BCUT2D eigenvalue weighted by Crippen LogP contribution is 2.27. The van der Waals surface area contributed by atoms with Crippen LogP contribution in [0, 0.1) is 5.82 Å². The van der Waals surface area contributed by atoms with Gasteiger partial charge in [-0.1, -0.05) is 0 Å². The quantitative estimate of drug-likeness (QED) is 0.531. The second-order valence-corrected chi connectivity index (χ2v) is 7.92. The minimum atomic E-state index is -3.85. The van der Waals surface area contributed by atoms with Gasteiger partial charge in [0.2, 0.25) is 0 Å². The summed E-state index contributed by atoms with van der Waals surface area (Å²) in [5.74, 6) is 0.113. The van der Waals surface area contributed by atoms with E-state index in [0.29, 0.717) is 22.1 Å². The van der Waals surface area contributed by atoms with Gasteiger partial charge in [0.05, 0.1) is 0 Å². The molecular formula is C16H11FN6O2S2. The van der Waals surface area contributed by atoms with E-state index < -0.39 is 10.0 Å². The van der Waals surface area contributed by atoms with Crippen LogP contribution in [-0.2, 0) is 10.0 Å². The lowest BCUT2D eigenvalue weighted by molar-refractivity contribution is 0.598. The molecule has 0 aliphatic carbocycles. The predicted molar refractivity (Wildman–Crippen MR) is 97.9 cm³/mol. The van der Waals surface area contributed by atoms with E-state index in [1.807, 2.05) is 0 Å². The average Bonchev–Trinajstić information content (AvgIpc) is 3.35. The topological polar surface area (TPSA) is 114 Å². The number of aromatic amines is 1. The van der Waals surface area contributed by atoms with Crippen LogP contribution in [0.5, 0.6) is 0 Å². The van der Waals surface area contributed by atoms with Gasteiger partial charge < -0.3 is 0 Å². The van der Waals surface area contributed by atoms with Crippen molar-refractivity contribution in [3.63, 3.8) is 0 Å². The molecule has 2 N–H and O–H groups in total. The van der Waals surface area contributed by atoms with Crippen LogP contribution >= 0.6 is 11.3 Å². The number of aromatic nitrogens is 5. The van der Waals surface area contributed by atoms with Gasteiger partial charge in [0, 0.05) is 22.2 Å². The van der Waals surface area contributed by atoms with Gasteiger partial charge >= 0.3 is 0 Å². The molecule has 0 aliphatic heterocycles. The molecular weight excluding hydrogens is 391 g/mol. The number of nitrogens with zero attached hydrogens (tertiary/aromatic N) is 4. The molecule has 4 rings (SSSR count). The van der Waals surface area contributed by atoms with Crippen molar-refractivity contribution in [2.24, 2.45) is 0 Å². The van der Waals surface area contributed by atoms with Crippen molar-refractivity contribution < 1.29 is 12.8 Å². The fourth-order valence-corrected chi connectivity index (χ4v) is 4.45. The molecule has 0 saturated heterocycles. The Labute approximate surface area is 157 Å². The Hall–Kier alpha value is -3.18. The standard InChI is InChI=1S/C16H11FN6O2S2/c17-12-5-1-11(2-6-12)16-18-14(9-26-16)27(24,25)21-13-7-3-10(4-8-13)15-19-22-23-20-15/h1-9,21H,(H,19,20,22,23). The highest BCUT2D eigenvalue weighted by Gasteiger charge is 2.19. The van der Waals surface area contributed by atoms with Gasteiger partial charge in [0.1, 0.15) is 10.8 Å². The first kappa shape index (κ1) is 17.2. The normalized spacial score (nSPS) is 11.4. The van der Waals surface area contributed by atoms with Crippen molar-refractivity contribution in [2.75, 3.05) is 4.72 Å². The van der Waals surface area contributed by atoms with Crippen LogP contribution in [-0.4, -0.2) is 34.0 Å². The van der Waals surface area contributed by atoms with E-state index in [4.69, 9.17) is 0 Å². The molecule has 2 heterocycles. The molecule has 11 heteroatoms. The van der Waals surface area contributed by atoms with Crippen molar-refractivity contribution in [1.82, 2.24) is 25.6 Å². The van der Waals surface area contributed by atoms with E-state index >= 15 is 0 Å². The van der Waals surface area contributed by atoms with Crippen LogP contribution in [0.1, 0.15) is 0 Å². The number of sulfonamides is 1. The molecule has 0 bridgehead atoms. The van der Waals surface area contributed by atoms with Crippen LogP contribution < -0.4 is 4.72 Å². The number of rotatable bonds is 5. The fourth-order valence-electron chi connectivity index (χ4n) is 2.29. The number of hydrogen-bond donors (Lipinski definition) is 2. The maximum atomic E-state index is 13.0. The Bertz CT molecular complexity index is 1160. The monoisotopic (exact) mass is 402 g/mol. The van der Waals surface area contributed by atoms with Crippen molar-refractivity contribution in [1.29, 1.82) is 0 Å². The SMILES string of the molecule is O=S(=O)(Nc1ccc(-c2nnn[nH]2)cc1)c1csc(-c2ccc(F)cc2)n1. The van der Waals surface area contributed by atoms with Crippen LogP contribution in [0.3, 0.4) is 0 Å². The Morgan fingerprint density at radius 2 is 1.70 bits per heavy atom. The maximum absolute atomic E-state index is 13.0. The Balaban J connectivity index is 1.54. The molecule has 2 aromatic carbocycles. The van der Waals surface area contributed by atoms with E-state index in [2.05, 4.69) is 30.3 Å². The van der Waals surface area contributed by atoms with Gasteiger partial charge in [-0.2, -0.15) is 8.42 Å². The first-order valence-electron chi connectivity index (χ1n) is 7.60. The zero-order chi connectivity index (χ0) is 18.9. The second kappa shape index (κ2) is 6.85. The van der Waals surface area contributed by atoms with Crippen LogP contribution in [0.4, 0.5) is 10.1 Å². The lowest BCUT2D eigenvalue weighted by atomic mass is 10.2. The molecule has 4 aromatic rings. The summed E-state index contributed by atoms with van der Waals surface area (Å²) in [4.78, 5) is 4.15. The van der Waals surface area contributed by atoms with Crippen LogP contribution in [0.15, 0.2) is 58.9 Å². The van der Waals surface area contributed by atoms with E-state index in [1.54, 1.807) is 36.4 Å². The van der Waals surface area contributed by atoms with Gasteiger partial charge in [-0.25, -0.2) is 14.5 Å². The number of nitrogens with one attached hydrogen (secondary N) is 2. The van der Waals surface area contributed by atoms with E-state index in [9.17, 15) is 12.8 Å². The van der Waals surface area contributed by atoms with E-state index in [-0.39, 0.29) is 10.8 Å². The molecule has 2 aromatic heterocycles. The third kappa shape index (κ3) is 3.68. The van der Waals surface area contributed by atoms with Crippen molar-refractivity contribution in [2.45, 2.75) is 5.03 Å².